The number of aliphatic hydroxyl groups excluding tert-OH is 1. The van der Waals surface area contributed by atoms with Crippen LogP contribution in [0.25, 0.3) is 0 Å². The summed E-state index contributed by atoms with van der Waals surface area (Å²) in [7, 11) is 0. The summed E-state index contributed by atoms with van der Waals surface area (Å²) in [5, 5.41) is 10.3. The average molecular weight is 250 g/mol. The van der Waals surface area contributed by atoms with Crippen molar-refractivity contribution in [1.29, 1.82) is 0 Å². The Morgan fingerprint density at radius 2 is 2.22 bits per heavy atom. The summed E-state index contributed by atoms with van der Waals surface area (Å²) in [5.74, 6) is 2.57. The molecule has 1 aliphatic rings. The van der Waals surface area contributed by atoms with Crippen molar-refractivity contribution < 1.29 is 5.11 Å². The fourth-order valence-corrected chi connectivity index (χ4v) is 3.13. The van der Waals surface area contributed by atoms with Crippen LogP contribution in [-0.2, 0) is 6.42 Å². The highest BCUT2D eigenvalue weighted by atomic mass is 16.3. The monoisotopic (exact) mass is 250 g/mol. The van der Waals surface area contributed by atoms with E-state index >= 15 is 0 Å². The van der Waals surface area contributed by atoms with Gasteiger partial charge in [0.15, 0.2) is 0 Å². The van der Waals surface area contributed by atoms with Gasteiger partial charge in [-0.25, -0.2) is 4.98 Å². The highest BCUT2D eigenvalue weighted by Crippen LogP contribution is 2.37. The second-order valence-corrected chi connectivity index (χ2v) is 5.95. The number of aryl methyl sites for hydroxylation is 1. The first kappa shape index (κ1) is 13.6. The SMILES string of the molecule is CCCc1nccn1C1CC(C(C)C)CCC1O. The van der Waals surface area contributed by atoms with Gasteiger partial charge in [-0.15, -0.1) is 0 Å². The van der Waals surface area contributed by atoms with Gasteiger partial charge in [0.2, 0.25) is 0 Å². The van der Waals surface area contributed by atoms with E-state index in [4.69, 9.17) is 0 Å². The molecule has 0 aromatic carbocycles. The molecule has 3 nitrogen and oxygen atoms in total. The molecule has 3 atom stereocenters. The van der Waals surface area contributed by atoms with E-state index in [0.717, 1.165) is 43.8 Å². The quantitative estimate of drug-likeness (QED) is 0.891. The number of imidazole rings is 1. The van der Waals surface area contributed by atoms with Gasteiger partial charge in [-0.1, -0.05) is 20.8 Å². The average Bonchev–Trinajstić information content (AvgIpc) is 2.78. The van der Waals surface area contributed by atoms with E-state index in [2.05, 4.69) is 30.3 Å². The minimum Gasteiger partial charge on any atom is -0.391 e. The standard InChI is InChI=1S/C15H26N2O/c1-4-5-15-16-8-9-17(15)13-10-12(11(2)3)6-7-14(13)18/h8-9,11-14,18H,4-7,10H2,1-3H3. The fraction of sp³-hybridized carbons (Fsp3) is 0.800. The molecule has 1 N–H and O–H groups in total. The van der Waals surface area contributed by atoms with E-state index in [1.807, 2.05) is 12.4 Å². The van der Waals surface area contributed by atoms with Crippen LogP contribution in [0.5, 0.6) is 0 Å². The third kappa shape index (κ3) is 2.77. The van der Waals surface area contributed by atoms with Crippen molar-refractivity contribution in [2.24, 2.45) is 11.8 Å². The molecule has 1 aromatic rings. The van der Waals surface area contributed by atoms with Gasteiger partial charge in [-0.05, 0) is 37.5 Å². The highest BCUT2D eigenvalue weighted by Gasteiger charge is 2.32. The van der Waals surface area contributed by atoms with Crippen molar-refractivity contribution in [3.63, 3.8) is 0 Å². The first-order valence-corrected chi connectivity index (χ1v) is 7.33. The zero-order valence-electron chi connectivity index (χ0n) is 11.8. The lowest BCUT2D eigenvalue weighted by Gasteiger charge is -2.36. The summed E-state index contributed by atoms with van der Waals surface area (Å²) in [4.78, 5) is 4.44. The van der Waals surface area contributed by atoms with E-state index in [0.29, 0.717) is 5.92 Å². The van der Waals surface area contributed by atoms with Gasteiger partial charge in [0.25, 0.3) is 0 Å². The Morgan fingerprint density at radius 1 is 1.44 bits per heavy atom. The Morgan fingerprint density at radius 3 is 2.89 bits per heavy atom. The predicted molar refractivity (Wildman–Crippen MR) is 73.4 cm³/mol. The van der Waals surface area contributed by atoms with Gasteiger partial charge in [-0.3, -0.25) is 0 Å². The molecule has 1 aliphatic carbocycles. The molecule has 0 radical (unpaired) electrons. The third-order valence-corrected chi connectivity index (χ3v) is 4.34. The van der Waals surface area contributed by atoms with Crippen molar-refractivity contribution in [3.05, 3.63) is 18.2 Å². The molecule has 0 aliphatic heterocycles. The maximum atomic E-state index is 10.3. The second kappa shape index (κ2) is 5.87. The molecular weight excluding hydrogens is 224 g/mol. The molecule has 1 fully saturated rings. The van der Waals surface area contributed by atoms with Crippen LogP contribution < -0.4 is 0 Å². The molecular formula is C15H26N2O. The van der Waals surface area contributed by atoms with Gasteiger partial charge in [0, 0.05) is 18.8 Å². The number of hydrogen-bond donors (Lipinski definition) is 1. The zero-order chi connectivity index (χ0) is 13.1. The van der Waals surface area contributed by atoms with Crippen molar-refractivity contribution in [2.75, 3.05) is 0 Å². The molecule has 1 saturated carbocycles. The molecule has 1 aromatic heterocycles. The first-order valence-electron chi connectivity index (χ1n) is 7.33. The first-order chi connectivity index (χ1) is 8.63. The van der Waals surface area contributed by atoms with E-state index < -0.39 is 0 Å². The normalized spacial score (nSPS) is 28.8. The topological polar surface area (TPSA) is 38.0 Å². The second-order valence-electron chi connectivity index (χ2n) is 5.95. The van der Waals surface area contributed by atoms with E-state index in [1.54, 1.807) is 0 Å². The van der Waals surface area contributed by atoms with Crippen molar-refractivity contribution in [3.8, 4) is 0 Å². The molecule has 3 heteroatoms. The molecule has 1 heterocycles. The van der Waals surface area contributed by atoms with Gasteiger partial charge < -0.3 is 9.67 Å². The van der Waals surface area contributed by atoms with Gasteiger partial charge in [-0.2, -0.15) is 0 Å². The fourth-order valence-electron chi connectivity index (χ4n) is 3.13. The van der Waals surface area contributed by atoms with Crippen LogP contribution in [0.1, 0.15) is 58.3 Å². The molecule has 0 bridgehead atoms. The van der Waals surface area contributed by atoms with Gasteiger partial charge in [0.05, 0.1) is 12.1 Å². The summed E-state index contributed by atoms with van der Waals surface area (Å²) < 4.78 is 2.22. The lowest BCUT2D eigenvalue weighted by atomic mass is 9.78. The Labute approximate surface area is 110 Å². The highest BCUT2D eigenvalue weighted by molar-refractivity contribution is 4.99. The molecule has 102 valence electrons. The number of aliphatic hydroxyl groups is 1. The molecule has 0 saturated heterocycles. The van der Waals surface area contributed by atoms with Crippen LogP contribution in [-0.4, -0.2) is 20.8 Å². The number of rotatable bonds is 4. The maximum absolute atomic E-state index is 10.3. The van der Waals surface area contributed by atoms with Gasteiger partial charge >= 0.3 is 0 Å². The lowest BCUT2D eigenvalue weighted by molar-refractivity contribution is 0.0424. The zero-order valence-corrected chi connectivity index (χ0v) is 11.8. The number of aromatic nitrogens is 2. The molecule has 3 unspecified atom stereocenters. The van der Waals surface area contributed by atoms with E-state index in [-0.39, 0.29) is 12.1 Å². The molecule has 2 rings (SSSR count). The minimum absolute atomic E-state index is 0.204. The van der Waals surface area contributed by atoms with E-state index in [1.165, 1.54) is 0 Å². The summed E-state index contributed by atoms with van der Waals surface area (Å²) >= 11 is 0. The smallest absolute Gasteiger partial charge is 0.108 e. The molecule has 18 heavy (non-hydrogen) atoms. The Kier molecular flexibility index (Phi) is 4.44. The summed E-state index contributed by atoms with van der Waals surface area (Å²) in [6, 6.07) is 0.232. The van der Waals surface area contributed by atoms with Crippen molar-refractivity contribution >= 4 is 0 Å². The van der Waals surface area contributed by atoms with Crippen LogP contribution >= 0.6 is 0 Å². The third-order valence-electron chi connectivity index (χ3n) is 4.34. The maximum Gasteiger partial charge on any atom is 0.108 e. The van der Waals surface area contributed by atoms with Crippen LogP contribution in [0.15, 0.2) is 12.4 Å². The van der Waals surface area contributed by atoms with Crippen LogP contribution in [0.3, 0.4) is 0 Å². The van der Waals surface area contributed by atoms with Crippen LogP contribution in [0.4, 0.5) is 0 Å². The Balaban J connectivity index is 2.16. The lowest BCUT2D eigenvalue weighted by Crippen LogP contribution is -2.33. The Hall–Kier alpha value is -0.830. The summed E-state index contributed by atoms with van der Waals surface area (Å²) in [6.07, 6.45) is 9.00. The van der Waals surface area contributed by atoms with Gasteiger partial charge in [0.1, 0.15) is 5.82 Å². The number of nitrogens with zero attached hydrogens (tertiary/aromatic N) is 2. The predicted octanol–water partition coefficient (Wildman–Crippen LogP) is 3.19. The minimum atomic E-state index is -0.204. The Bertz CT molecular complexity index is 372. The molecule has 0 amide bonds. The van der Waals surface area contributed by atoms with E-state index in [9.17, 15) is 5.11 Å². The van der Waals surface area contributed by atoms with Crippen LogP contribution in [0, 0.1) is 11.8 Å². The van der Waals surface area contributed by atoms with Crippen LogP contribution in [0.2, 0.25) is 0 Å². The van der Waals surface area contributed by atoms with Crippen molar-refractivity contribution in [2.45, 2.75) is 65.0 Å². The number of hydrogen-bond acceptors (Lipinski definition) is 2. The summed E-state index contributed by atoms with van der Waals surface area (Å²) in [5.41, 5.74) is 0. The van der Waals surface area contributed by atoms with Crippen molar-refractivity contribution in [1.82, 2.24) is 9.55 Å². The largest absolute Gasteiger partial charge is 0.391 e. The summed E-state index contributed by atoms with van der Waals surface area (Å²) in [6.45, 7) is 6.76. The molecule has 0 spiro atoms.